The van der Waals surface area contributed by atoms with E-state index in [9.17, 15) is 24.3 Å². The number of carbonyl (C=O) groups is 4. The first kappa shape index (κ1) is 31.7. The number of anilines is 1. The minimum Gasteiger partial charge on any atom is -0.455 e. The second-order valence-corrected chi connectivity index (χ2v) is 12.6. The molecular formula is C36H41N3O7. The largest absolute Gasteiger partial charge is 0.455 e. The predicted molar refractivity (Wildman–Crippen MR) is 170 cm³/mol. The molecule has 2 aromatic rings. The fourth-order valence-electron chi connectivity index (χ4n) is 7.35. The van der Waals surface area contributed by atoms with Crippen molar-refractivity contribution >= 4 is 29.4 Å². The summed E-state index contributed by atoms with van der Waals surface area (Å²) in [5.41, 5.74) is 1.80. The fraction of sp³-hybridized carbons (Fsp3) is 0.444. The van der Waals surface area contributed by atoms with Gasteiger partial charge in [0.15, 0.2) is 0 Å². The highest BCUT2D eigenvalue weighted by atomic mass is 16.6. The zero-order valence-corrected chi connectivity index (χ0v) is 26.4. The van der Waals surface area contributed by atoms with Crippen LogP contribution in [0.3, 0.4) is 0 Å². The summed E-state index contributed by atoms with van der Waals surface area (Å²) in [5.74, 6) is -3.67. The van der Waals surface area contributed by atoms with Crippen LogP contribution in [0.25, 0.3) is 0 Å². The molecule has 242 valence electrons. The minimum atomic E-state index is -1.42. The number of rotatable bonds is 5. The average molecular weight is 628 g/mol. The summed E-state index contributed by atoms with van der Waals surface area (Å²) in [6.45, 7) is 5.62. The van der Waals surface area contributed by atoms with Crippen LogP contribution in [0.15, 0.2) is 72.8 Å². The Balaban J connectivity index is 1.47. The van der Waals surface area contributed by atoms with Gasteiger partial charge in [0.05, 0.1) is 31.2 Å². The van der Waals surface area contributed by atoms with Crippen molar-refractivity contribution in [1.82, 2.24) is 10.2 Å². The zero-order valence-electron chi connectivity index (χ0n) is 26.4. The smallest absolute Gasteiger partial charge is 0.313 e. The van der Waals surface area contributed by atoms with Gasteiger partial charge in [0.1, 0.15) is 23.7 Å². The quantitative estimate of drug-likeness (QED) is 0.385. The van der Waals surface area contributed by atoms with Crippen LogP contribution in [0.2, 0.25) is 0 Å². The highest BCUT2D eigenvalue weighted by Gasteiger charge is 2.74. The number of nitrogens with one attached hydrogen (secondary N) is 1. The third-order valence-electron chi connectivity index (χ3n) is 9.72. The topological polar surface area (TPSA) is 125 Å². The van der Waals surface area contributed by atoms with Crippen molar-refractivity contribution in [2.24, 2.45) is 11.8 Å². The first-order valence-electron chi connectivity index (χ1n) is 16.1. The average Bonchev–Trinajstić information content (AvgIpc) is 3.70. The summed E-state index contributed by atoms with van der Waals surface area (Å²) < 4.78 is 12.6. The number of aryl methyl sites for hydroxylation is 2. The Hall–Kier alpha value is -4.28. The molecule has 2 N–H and O–H groups in total. The van der Waals surface area contributed by atoms with Gasteiger partial charge in [-0.05, 0) is 49.4 Å². The summed E-state index contributed by atoms with van der Waals surface area (Å²) in [6.07, 6.45) is 6.72. The fourth-order valence-corrected chi connectivity index (χ4v) is 7.35. The Bertz CT molecular complexity index is 1570. The molecule has 6 rings (SSSR count). The zero-order chi connectivity index (χ0) is 32.6. The maximum atomic E-state index is 15.0. The number of likely N-dealkylation sites (tertiary alicyclic amines) is 1. The van der Waals surface area contributed by atoms with E-state index in [0.717, 1.165) is 11.1 Å². The number of hydrogen-bond donors (Lipinski definition) is 2. The normalized spacial score (nSPS) is 31.1. The molecule has 1 spiro atoms. The maximum absolute atomic E-state index is 15.0. The van der Waals surface area contributed by atoms with Gasteiger partial charge in [-0.15, -0.1) is 0 Å². The molecule has 2 saturated heterocycles. The Labute approximate surface area is 269 Å². The van der Waals surface area contributed by atoms with Gasteiger partial charge in [0, 0.05) is 18.7 Å². The van der Waals surface area contributed by atoms with Gasteiger partial charge >= 0.3 is 5.97 Å². The number of cyclic esters (lactones) is 1. The van der Waals surface area contributed by atoms with Crippen molar-refractivity contribution in [3.8, 4) is 0 Å². The Morgan fingerprint density at radius 2 is 1.83 bits per heavy atom. The first-order valence-corrected chi connectivity index (χ1v) is 16.1. The number of allylic oxidation sites excluding steroid dienone is 1. The molecule has 3 amide bonds. The molecule has 0 saturated carbocycles. The maximum Gasteiger partial charge on any atom is 0.313 e. The number of esters is 1. The minimum absolute atomic E-state index is 0.0617. The number of amides is 3. The molecule has 2 aromatic carbocycles. The molecule has 10 nitrogen and oxygen atoms in total. The van der Waals surface area contributed by atoms with E-state index in [2.05, 4.69) is 5.32 Å². The number of nitrogens with zero attached hydrogens (tertiary/aromatic N) is 2. The van der Waals surface area contributed by atoms with E-state index in [1.54, 1.807) is 17.1 Å². The van der Waals surface area contributed by atoms with Crippen LogP contribution in [-0.4, -0.2) is 77.2 Å². The van der Waals surface area contributed by atoms with E-state index in [-0.39, 0.29) is 37.9 Å². The Morgan fingerprint density at radius 1 is 1.04 bits per heavy atom. The molecule has 0 aromatic heterocycles. The highest BCUT2D eigenvalue weighted by Crippen LogP contribution is 2.56. The van der Waals surface area contributed by atoms with E-state index in [0.29, 0.717) is 24.1 Å². The van der Waals surface area contributed by atoms with E-state index < -0.39 is 53.6 Å². The lowest BCUT2D eigenvalue weighted by molar-refractivity contribution is -0.160. The summed E-state index contributed by atoms with van der Waals surface area (Å²) in [5, 5.41) is 13.3. The molecular weight excluding hydrogens is 586 g/mol. The van der Waals surface area contributed by atoms with Crippen molar-refractivity contribution in [2.45, 2.75) is 69.9 Å². The van der Waals surface area contributed by atoms with Gasteiger partial charge < -0.3 is 29.7 Å². The third kappa shape index (κ3) is 5.43. The molecule has 4 aliphatic rings. The number of benzene rings is 2. The molecule has 4 aliphatic heterocycles. The summed E-state index contributed by atoms with van der Waals surface area (Å²) in [4.78, 5) is 59.4. The van der Waals surface area contributed by atoms with E-state index in [4.69, 9.17) is 9.47 Å². The Kier molecular flexibility index (Phi) is 8.85. The van der Waals surface area contributed by atoms with Gasteiger partial charge in [0.25, 0.3) is 5.91 Å². The second kappa shape index (κ2) is 12.8. The lowest BCUT2D eigenvalue weighted by Gasteiger charge is -2.39. The van der Waals surface area contributed by atoms with E-state index >= 15 is 0 Å². The SMILES string of the molecule is CC[C@@H](CO)N1C(=O)[C@@H]2[C@H]3C(=O)O[C@@H](c4ccccc4)CNC(=O)CC/C=C\CN(c4cc(C)ccc4C)C(=O)[C@@H]1[C@]21C=C[C@H]3O1. The first-order chi connectivity index (χ1) is 22.2. The molecule has 10 heteroatoms. The standard InChI is InChI=1S/C36H41N3O7/c1-4-25(21-40)39-32-34(43)38(26-19-22(2)14-15-23(26)3)18-10-6-9-13-29(41)37-20-28(24-11-7-5-8-12-24)45-35(44)30-27-16-17-36(32,46-27)31(30)33(39)42/h5-8,10-12,14-17,19,25,27-28,30-32,40H,4,9,13,18,20-21H2,1-3H3,(H,37,41)/b10-6-/t25-,27+,28+,30-,31-,32+,36-/m0/s1. The summed E-state index contributed by atoms with van der Waals surface area (Å²) in [6, 6.07) is 13.2. The monoisotopic (exact) mass is 627 g/mol. The van der Waals surface area contributed by atoms with Crippen molar-refractivity contribution in [3.63, 3.8) is 0 Å². The molecule has 46 heavy (non-hydrogen) atoms. The number of fused-ring (bicyclic) bond motifs is 2. The van der Waals surface area contributed by atoms with Gasteiger partial charge in [-0.2, -0.15) is 0 Å². The van der Waals surface area contributed by atoms with Crippen molar-refractivity contribution in [2.75, 3.05) is 24.6 Å². The molecule has 2 fully saturated rings. The van der Waals surface area contributed by atoms with Crippen LogP contribution in [0.4, 0.5) is 5.69 Å². The molecule has 0 unspecified atom stereocenters. The van der Waals surface area contributed by atoms with Crippen LogP contribution in [-0.2, 0) is 28.7 Å². The molecule has 0 radical (unpaired) electrons. The number of ether oxygens (including phenoxy) is 2. The van der Waals surface area contributed by atoms with Gasteiger partial charge in [-0.1, -0.05) is 73.7 Å². The van der Waals surface area contributed by atoms with Crippen molar-refractivity contribution in [3.05, 3.63) is 89.5 Å². The van der Waals surface area contributed by atoms with E-state index in [1.807, 2.05) is 81.5 Å². The molecule has 4 heterocycles. The van der Waals surface area contributed by atoms with Gasteiger partial charge in [-0.25, -0.2) is 0 Å². The van der Waals surface area contributed by atoms with Gasteiger partial charge in [0.2, 0.25) is 11.8 Å². The third-order valence-corrected chi connectivity index (χ3v) is 9.72. The Morgan fingerprint density at radius 3 is 2.57 bits per heavy atom. The van der Waals surface area contributed by atoms with Crippen LogP contribution in [0.1, 0.15) is 49.0 Å². The molecule has 0 aliphatic carbocycles. The second-order valence-electron chi connectivity index (χ2n) is 12.6. The lowest BCUT2D eigenvalue weighted by Crippen LogP contribution is -2.58. The van der Waals surface area contributed by atoms with Crippen LogP contribution < -0.4 is 10.2 Å². The summed E-state index contributed by atoms with van der Waals surface area (Å²) >= 11 is 0. The number of hydrogen-bond acceptors (Lipinski definition) is 7. The van der Waals surface area contributed by atoms with Gasteiger partial charge in [-0.3, -0.25) is 19.2 Å². The number of aliphatic hydroxyl groups is 1. The van der Waals surface area contributed by atoms with Crippen molar-refractivity contribution < 1.29 is 33.8 Å². The highest BCUT2D eigenvalue weighted by molar-refractivity contribution is 6.05. The van der Waals surface area contributed by atoms with Crippen LogP contribution >= 0.6 is 0 Å². The molecule has 7 atom stereocenters. The van der Waals surface area contributed by atoms with Crippen LogP contribution in [0, 0.1) is 25.7 Å². The number of carbonyl (C=O) groups excluding carboxylic acids is 4. The van der Waals surface area contributed by atoms with E-state index in [1.165, 1.54) is 4.90 Å². The summed E-state index contributed by atoms with van der Waals surface area (Å²) in [7, 11) is 0. The molecule has 5 bridgehead atoms. The predicted octanol–water partition coefficient (Wildman–Crippen LogP) is 3.31. The van der Waals surface area contributed by atoms with Crippen LogP contribution in [0.5, 0.6) is 0 Å². The van der Waals surface area contributed by atoms with Crippen molar-refractivity contribution in [1.29, 1.82) is 0 Å². The number of aliphatic hydroxyl groups excluding tert-OH is 1. The lowest BCUT2D eigenvalue weighted by atomic mass is 9.74.